The minimum Gasteiger partial charge on any atom is -0.478 e. The van der Waals surface area contributed by atoms with Gasteiger partial charge in [0, 0.05) is 11.5 Å². The zero-order valence-electron chi connectivity index (χ0n) is 7.18. The predicted molar refractivity (Wildman–Crippen MR) is 56.5 cm³/mol. The molecule has 0 aromatic carbocycles. The lowest BCUT2D eigenvalue weighted by Gasteiger charge is -2.09. The minimum atomic E-state index is -2.86. The Bertz CT molecular complexity index is 398. The Hall–Kier alpha value is -0.560. The summed E-state index contributed by atoms with van der Waals surface area (Å²) < 4.78 is 25.0. The van der Waals surface area contributed by atoms with E-state index in [1.165, 1.54) is 0 Å². The third-order valence-electron chi connectivity index (χ3n) is 1.70. The van der Waals surface area contributed by atoms with Crippen molar-refractivity contribution < 1.29 is 18.7 Å². The Morgan fingerprint density at radius 3 is 2.60 bits per heavy atom. The van der Waals surface area contributed by atoms with Gasteiger partial charge in [0.2, 0.25) is 0 Å². The van der Waals surface area contributed by atoms with Crippen LogP contribution in [0.1, 0.15) is 28.0 Å². The third-order valence-corrected chi connectivity index (χ3v) is 3.08. The molecule has 0 atom stereocenters. The molecule has 1 aromatic heterocycles. The second-order valence-electron chi connectivity index (χ2n) is 2.59. The Balaban J connectivity index is 3.44. The van der Waals surface area contributed by atoms with Crippen LogP contribution in [0.3, 0.4) is 0 Å². The fourth-order valence-corrected chi connectivity index (χ4v) is 2.46. The van der Waals surface area contributed by atoms with Crippen LogP contribution in [0.4, 0.5) is 8.78 Å². The molecule has 82 valence electrons. The average Bonchev–Trinajstić information content (AvgIpc) is 2.16. The topological polar surface area (TPSA) is 50.2 Å². The monoisotopic (exact) mass is 343 g/mol. The molecular formula is C8H5Br2F2NO2. The Morgan fingerprint density at radius 2 is 2.20 bits per heavy atom. The molecule has 0 radical (unpaired) electrons. The molecule has 0 saturated heterocycles. The van der Waals surface area contributed by atoms with Gasteiger partial charge >= 0.3 is 5.97 Å². The molecule has 0 amide bonds. The van der Waals surface area contributed by atoms with Crippen LogP contribution in [0.5, 0.6) is 0 Å². The summed E-state index contributed by atoms with van der Waals surface area (Å²) in [7, 11) is 0. The Labute approximate surface area is 101 Å². The first kappa shape index (κ1) is 12.5. The normalized spacial score (nSPS) is 10.7. The summed E-state index contributed by atoms with van der Waals surface area (Å²) in [5.41, 5.74) is -0.648. The fourth-order valence-electron chi connectivity index (χ4n) is 1.02. The largest absolute Gasteiger partial charge is 0.478 e. The van der Waals surface area contributed by atoms with Gasteiger partial charge in [-0.1, -0.05) is 15.9 Å². The van der Waals surface area contributed by atoms with Crippen LogP contribution in [0.2, 0.25) is 0 Å². The number of carbonyl (C=O) groups is 1. The van der Waals surface area contributed by atoms with E-state index in [0.717, 1.165) is 6.20 Å². The highest BCUT2D eigenvalue weighted by atomic mass is 79.9. The standard InChI is InChI=1S/C8H5Br2F2NO2/c9-1-4-6(10)5(8(14)15)3(2-13-4)7(11)12/h2,7H,1H2,(H,14,15). The van der Waals surface area contributed by atoms with Gasteiger partial charge in [-0.2, -0.15) is 0 Å². The molecule has 0 aliphatic carbocycles. The highest BCUT2D eigenvalue weighted by Crippen LogP contribution is 2.30. The molecule has 0 unspecified atom stereocenters. The summed E-state index contributed by atoms with van der Waals surface area (Å²) in [6.45, 7) is 0. The van der Waals surface area contributed by atoms with Gasteiger partial charge in [-0.05, 0) is 15.9 Å². The molecule has 0 aliphatic heterocycles. The van der Waals surface area contributed by atoms with Gasteiger partial charge in [0.25, 0.3) is 6.43 Å². The first-order chi connectivity index (χ1) is 6.99. The summed E-state index contributed by atoms with van der Waals surface area (Å²) >= 11 is 6.03. The second kappa shape index (κ2) is 4.98. The van der Waals surface area contributed by atoms with Crippen LogP contribution in [-0.4, -0.2) is 16.1 Å². The first-order valence-corrected chi connectivity index (χ1v) is 5.65. The predicted octanol–water partition coefficient (Wildman–Crippen LogP) is 3.37. The summed E-state index contributed by atoms with van der Waals surface area (Å²) in [6, 6.07) is 0. The lowest BCUT2D eigenvalue weighted by Crippen LogP contribution is -2.07. The van der Waals surface area contributed by atoms with E-state index in [-0.39, 0.29) is 9.80 Å². The molecule has 1 heterocycles. The SMILES string of the molecule is O=C(O)c1c(C(F)F)cnc(CBr)c1Br. The summed E-state index contributed by atoms with van der Waals surface area (Å²) in [4.78, 5) is 14.5. The van der Waals surface area contributed by atoms with Crippen LogP contribution in [0, 0.1) is 0 Å². The van der Waals surface area contributed by atoms with E-state index in [1.54, 1.807) is 0 Å². The molecule has 0 fully saturated rings. The fraction of sp³-hybridized carbons (Fsp3) is 0.250. The number of aromatic nitrogens is 1. The van der Waals surface area contributed by atoms with Crippen LogP contribution in [0.15, 0.2) is 10.7 Å². The lowest BCUT2D eigenvalue weighted by atomic mass is 10.1. The van der Waals surface area contributed by atoms with E-state index in [9.17, 15) is 13.6 Å². The summed E-state index contributed by atoms with van der Waals surface area (Å²) in [5.74, 6) is -1.40. The average molecular weight is 345 g/mol. The molecule has 0 bridgehead atoms. The molecule has 7 heteroatoms. The van der Waals surface area contributed by atoms with E-state index < -0.39 is 23.5 Å². The summed E-state index contributed by atoms with van der Waals surface area (Å²) in [5, 5.41) is 9.10. The third kappa shape index (κ3) is 2.52. The van der Waals surface area contributed by atoms with Crippen molar-refractivity contribution in [2.75, 3.05) is 0 Å². The van der Waals surface area contributed by atoms with E-state index in [4.69, 9.17) is 5.11 Å². The summed E-state index contributed by atoms with van der Waals surface area (Å²) in [6.07, 6.45) is -1.97. The number of alkyl halides is 3. The van der Waals surface area contributed by atoms with E-state index >= 15 is 0 Å². The van der Waals surface area contributed by atoms with Gasteiger partial charge in [0.15, 0.2) is 0 Å². The molecule has 1 rings (SSSR count). The van der Waals surface area contributed by atoms with Crippen molar-refractivity contribution in [2.45, 2.75) is 11.8 Å². The van der Waals surface area contributed by atoms with Gasteiger partial charge < -0.3 is 5.11 Å². The van der Waals surface area contributed by atoms with Gasteiger partial charge in [-0.25, -0.2) is 13.6 Å². The zero-order valence-corrected chi connectivity index (χ0v) is 10.3. The number of carboxylic acid groups (broad SMARTS) is 1. The molecule has 1 N–H and O–H groups in total. The highest BCUT2D eigenvalue weighted by molar-refractivity contribution is 9.10. The number of halogens is 4. The highest BCUT2D eigenvalue weighted by Gasteiger charge is 2.23. The van der Waals surface area contributed by atoms with E-state index in [0.29, 0.717) is 5.69 Å². The number of pyridine rings is 1. The smallest absolute Gasteiger partial charge is 0.337 e. The maximum Gasteiger partial charge on any atom is 0.337 e. The van der Waals surface area contributed by atoms with Crippen molar-refractivity contribution in [1.29, 1.82) is 0 Å². The van der Waals surface area contributed by atoms with E-state index in [1.807, 2.05) is 0 Å². The second-order valence-corrected chi connectivity index (χ2v) is 3.94. The van der Waals surface area contributed by atoms with Gasteiger partial charge in [-0.15, -0.1) is 0 Å². The van der Waals surface area contributed by atoms with Crippen molar-refractivity contribution in [3.8, 4) is 0 Å². The van der Waals surface area contributed by atoms with Crippen LogP contribution < -0.4 is 0 Å². The molecule has 15 heavy (non-hydrogen) atoms. The number of nitrogens with zero attached hydrogens (tertiary/aromatic N) is 1. The Morgan fingerprint density at radius 1 is 1.60 bits per heavy atom. The quantitative estimate of drug-likeness (QED) is 0.855. The van der Waals surface area contributed by atoms with Gasteiger partial charge in [0.05, 0.1) is 21.3 Å². The molecule has 0 spiro atoms. The number of carboxylic acids is 1. The molecule has 0 aliphatic rings. The van der Waals surface area contributed by atoms with E-state index in [2.05, 4.69) is 36.8 Å². The maximum atomic E-state index is 12.5. The van der Waals surface area contributed by atoms with Crippen LogP contribution in [-0.2, 0) is 5.33 Å². The lowest BCUT2D eigenvalue weighted by molar-refractivity contribution is 0.0683. The van der Waals surface area contributed by atoms with Crippen molar-refractivity contribution in [1.82, 2.24) is 4.98 Å². The van der Waals surface area contributed by atoms with Crippen molar-refractivity contribution in [3.63, 3.8) is 0 Å². The molecule has 1 aromatic rings. The number of hydrogen-bond acceptors (Lipinski definition) is 2. The number of rotatable bonds is 3. The Kier molecular flexibility index (Phi) is 4.15. The van der Waals surface area contributed by atoms with Crippen LogP contribution in [0.25, 0.3) is 0 Å². The van der Waals surface area contributed by atoms with Crippen molar-refractivity contribution in [3.05, 3.63) is 27.5 Å². The maximum absolute atomic E-state index is 12.5. The molecule has 0 saturated carbocycles. The first-order valence-electron chi connectivity index (χ1n) is 3.73. The van der Waals surface area contributed by atoms with Gasteiger partial charge in [-0.3, -0.25) is 4.98 Å². The van der Waals surface area contributed by atoms with Gasteiger partial charge in [0.1, 0.15) is 0 Å². The van der Waals surface area contributed by atoms with Crippen molar-refractivity contribution >= 4 is 37.8 Å². The molecule has 3 nitrogen and oxygen atoms in total. The minimum absolute atomic E-state index is 0.0877. The number of aromatic carboxylic acids is 1. The zero-order chi connectivity index (χ0) is 11.6. The van der Waals surface area contributed by atoms with Crippen molar-refractivity contribution in [2.24, 2.45) is 0 Å². The van der Waals surface area contributed by atoms with Crippen LogP contribution >= 0.6 is 31.9 Å². The molecular weight excluding hydrogens is 340 g/mol. The number of hydrogen-bond donors (Lipinski definition) is 1.